The second-order valence-electron chi connectivity index (χ2n) is 2.95. The van der Waals surface area contributed by atoms with Crippen LogP contribution < -0.4 is 11.1 Å². The predicted molar refractivity (Wildman–Crippen MR) is 55.9 cm³/mol. The molecule has 0 spiro atoms. The van der Waals surface area contributed by atoms with Crippen molar-refractivity contribution in [3.63, 3.8) is 0 Å². The van der Waals surface area contributed by atoms with E-state index in [1.165, 1.54) is 12.1 Å². The third-order valence-electron chi connectivity index (χ3n) is 1.71. The minimum Gasteiger partial charge on any atom is -0.478 e. The zero-order valence-electron chi connectivity index (χ0n) is 8.02. The molecule has 0 saturated heterocycles. The predicted octanol–water partition coefficient (Wildman–Crippen LogP) is 0.388. The number of anilines is 1. The summed E-state index contributed by atoms with van der Waals surface area (Å²) < 4.78 is 0. The summed E-state index contributed by atoms with van der Waals surface area (Å²) >= 11 is 0. The largest absolute Gasteiger partial charge is 0.478 e. The standard InChI is InChI=1S/C9H9N3O4/c10-9(11)12-6-2-4(7(13)14)1-5(3-6)8(15)16/h1-3H,(H,13,14)(H,15,16)(H4,10,11,12). The fourth-order valence-corrected chi connectivity index (χ4v) is 1.10. The van der Waals surface area contributed by atoms with Crippen molar-refractivity contribution in [3.05, 3.63) is 29.3 Å². The second-order valence-corrected chi connectivity index (χ2v) is 2.95. The van der Waals surface area contributed by atoms with Crippen molar-refractivity contribution in [1.29, 1.82) is 5.41 Å². The summed E-state index contributed by atoms with van der Waals surface area (Å²) in [7, 11) is 0. The van der Waals surface area contributed by atoms with Gasteiger partial charge in [0, 0.05) is 5.69 Å². The van der Waals surface area contributed by atoms with Crippen LogP contribution in [0.5, 0.6) is 0 Å². The molecule has 84 valence electrons. The number of nitrogens with one attached hydrogen (secondary N) is 2. The Morgan fingerprint density at radius 1 is 1.12 bits per heavy atom. The lowest BCUT2D eigenvalue weighted by atomic mass is 10.1. The molecule has 0 amide bonds. The summed E-state index contributed by atoms with van der Waals surface area (Å²) in [6, 6.07) is 3.41. The van der Waals surface area contributed by atoms with Crippen molar-refractivity contribution in [2.24, 2.45) is 5.73 Å². The smallest absolute Gasteiger partial charge is 0.335 e. The van der Waals surface area contributed by atoms with E-state index >= 15 is 0 Å². The summed E-state index contributed by atoms with van der Waals surface area (Å²) in [6.07, 6.45) is 0. The number of hydrogen-bond acceptors (Lipinski definition) is 3. The van der Waals surface area contributed by atoms with Gasteiger partial charge in [-0.2, -0.15) is 0 Å². The number of rotatable bonds is 3. The van der Waals surface area contributed by atoms with Gasteiger partial charge in [0.15, 0.2) is 5.96 Å². The van der Waals surface area contributed by atoms with Crippen LogP contribution in [0.15, 0.2) is 18.2 Å². The van der Waals surface area contributed by atoms with Gasteiger partial charge in [-0.25, -0.2) is 9.59 Å². The van der Waals surface area contributed by atoms with Crippen LogP contribution in [0.3, 0.4) is 0 Å². The van der Waals surface area contributed by atoms with Gasteiger partial charge in [-0.15, -0.1) is 0 Å². The topological polar surface area (TPSA) is 136 Å². The molecular weight excluding hydrogens is 214 g/mol. The van der Waals surface area contributed by atoms with Gasteiger partial charge in [-0.05, 0) is 18.2 Å². The van der Waals surface area contributed by atoms with E-state index in [0.717, 1.165) is 6.07 Å². The molecule has 1 aromatic rings. The summed E-state index contributed by atoms with van der Waals surface area (Å²) in [5.74, 6) is -2.91. The van der Waals surface area contributed by atoms with E-state index < -0.39 is 17.9 Å². The van der Waals surface area contributed by atoms with E-state index in [0.29, 0.717) is 0 Å². The molecule has 0 fully saturated rings. The lowest BCUT2D eigenvalue weighted by Gasteiger charge is -2.06. The Hall–Kier alpha value is -2.57. The Kier molecular flexibility index (Phi) is 3.09. The highest BCUT2D eigenvalue weighted by Crippen LogP contribution is 2.15. The maximum atomic E-state index is 10.7. The van der Waals surface area contributed by atoms with Crippen LogP contribution in [-0.4, -0.2) is 28.1 Å². The molecule has 16 heavy (non-hydrogen) atoms. The molecule has 0 aliphatic carbocycles. The van der Waals surface area contributed by atoms with Gasteiger partial charge >= 0.3 is 11.9 Å². The number of carboxylic acid groups (broad SMARTS) is 2. The first kappa shape index (κ1) is 11.5. The average Bonchev–Trinajstić information content (AvgIpc) is 2.15. The van der Waals surface area contributed by atoms with Crippen molar-refractivity contribution in [1.82, 2.24) is 0 Å². The number of aromatic carboxylic acids is 2. The Bertz CT molecular complexity index is 438. The van der Waals surface area contributed by atoms with Crippen LogP contribution in [0.4, 0.5) is 5.69 Å². The fourth-order valence-electron chi connectivity index (χ4n) is 1.10. The minimum atomic E-state index is -1.25. The van der Waals surface area contributed by atoms with E-state index in [2.05, 4.69) is 5.32 Å². The van der Waals surface area contributed by atoms with Crippen LogP contribution in [0.2, 0.25) is 0 Å². The van der Waals surface area contributed by atoms with E-state index in [4.69, 9.17) is 21.4 Å². The first-order valence-corrected chi connectivity index (χ1v) is 4.13. The molecule has 1 rings (SSSR count). The highest BCUT2D eigenvalue weighted by Gasteiger charge is 2.11. The SMILES string of the molecule is N=C(N)Nc1cc(C(=O)O)cc(C(=O)O)c1. The summed E-state index contributed by atoms with van der Waals surface area (Å²) in [5, 5.41) is 26.8. The van der Waals surface area contributed by atoms with Gasteiger partial charge in [-0.3, -0.25) is 5.41 Å². The Labute approximate surface area is 90.0 Å². The molecule has 0 saturated carbocycles. The molecule has 0 bridgehead atoms. The number of carbonyl (C=O) groups is 2. The average molecular weight is 223 g/mol. The fraction of sp³-hybridized carbons (Fsp3) is 0. The third-order valence-corrected chi connectivity index (χ3v) is 1.71. The molecule has 7 nitrogen and oxygen atoms in total. The number of hydrogen-bond donors (Lipinski definition) is 5. The molecule has 0 aliphatic heterocycles. The van der Waals surface area contributed by atoms with E-state index in [1.807, 2.05) is 0 Å². The first-order valence-electron chi connectivity index (χ1n) is 4.13. The van der Waals surface area contributed by atoms with Gasteiger partial charge in [-0.1, -0.05) is 0 Å². The van der Waals surface area contributed by atoms with Crippen molar-refractivity contribution >= 4 is 23.6 Å². The number of benzene rings is 1. The Morgan fingerprint density at radius 3 is 1.88 bits per heavy atom. The van der Waals surface area contributed by atoms with Gasteiger partial charge < -0.3 is 21.3 Å². The quantitative estimate of drug-likeness (QED) is 0.371. The van der Waals surface area contributed by atoms with E-state index in [1.54, 1.807) is 0 Å². The van der Waals surface area contributed by atoms with Crippen LogP contribution in [0.1, 0.15) is 20.7 Å². The van der Waals surface area contributed by atoms with Gasteiger partial charge in [0.1, 0.15) is 0 Å². The van der Waals surface area contributed by atoms with Crippen LogP contribution in [0, 0.1) is 5.41 Å². The van der Waals surface area contributed by atoms with Crippen molar-refractivity contribution < 1.29 is 19.8 Å². The highest BCUT2D eigenvalue weighted by molar-refractivity contribution is 5.98. The maximum Gasteiger partial charge on any atom is 0.335 e. The maximum absolute atomic E-state index is 10.7. The highest BCUT2D eigenvalue weighted by atomic mass is 16.4. The first-order chi connectivity index (χ1) is 7.40. The molecule has 1 aromatic carbocycles. The summed E-state index contributed by atoms with van der Waals surface area (Å²) in [5.41, 5.74) is 4.82. The molecule has 0 atom stereocenters. The van der Waals surface area contributed by atoms with Crippen molar-refractivity contribution in [2.45, 2.75) is 0 Å². The lowest BCUT2D eigenvalue weighted by molar-refractivity contribution is 0.0696. The summed E-state index contributed by atoms with van der Waals surface area (Å²) in [6.45, 7) is 0. The zero-order valence-corrected chi connectivity index (χ0v) is 8.02. The van der Waals surface area contributed by atoms with Crippen molar-refractivity contribution in [3.8, 4) is 0 Å². The molecule has 0 unspecified atom stereocenters. The van der Waals surface area contributed by atoms with Gasteiger partial charge in [0.2, 0.25) is 0 Å². The monoisotopic (exact) mass is 223 g/mol. The Morgan fingerprint density at radius 2 is 1.56 bits per heavy atom. The number of guanidine groups is 1. The molecule has 7 heteroatoms. The molecule has 0 aromatic heterocycles. The molecule has 0 aliphatic rings. The number of nitrogens with two attached hydrogens (primary N) is 1. The normalized spacial score (nSPS) is 9.50. The van der Waals surface area contributed by atoms with Crippen LogP contribution >= 0.6 is 0 Å². The third kappa shape index (κ3) is 2.71. The molecule has 6 N–H and O–H groups in total. The van der Waals surface area contributed by atoms with Gasteiger partial charge in [0.25, 0.3) is 0 Å². The lowest BCUT2D eigenvalue weighted by Crippen LogP contribution is -2.21. The van der Waals surface area contributed by atoms with E-state index in [-0.39, 0.29) is 16.8 Å². The molecule has 0 heterocycles. The molecular formula is C9H9N3O4. The van der Waals surface area contributed by atoms with E-state index in [9.17, 15) is 9.59 Å². The Balaban J connectivity index is 3.23. The summed E-state index contributed by atoms with van der Waals surface area (Å²) in [4.78, 5) is 21.4. The van der Waals surface area contributed by atoms with Crippen LogP contribution in [-0.2, 0) is 0 Å². The van der Waals surface area contributed by atoms with Gasteiger partial charge in [0.05, 0.1) is 11.1 Å². The minimum absolute atomic E-state index is 0.143. The van der Waals surface area contributed by atoms with Crippen LogP contribution in [0.25, 0.3) is 0 Å². The molecule has 0 radical (unpaired) electrons. The number of carboxylic acids is 2. The zero-order chi connectivity index (χ0) is 12.3. The van der Waals surface area contributed by atoms with Crippen molar-refractivity contribution in [2.75, 3.05) is 5.32 Å². The second kappa shape index (κ2) is 4.30.